The van der Waals surface area contributed by atoms with Gasteiger partial charge in [-0.15, -0.1) is 0 Å². The summed E-state index contributed by atoms with van der Waals surface area (Å²) in [6.45, 7) is 4.15. The van der Waals surface area contributed by atoms with Gasteiger partial charge in [0.1, 0.15) is 5.75 Å². The average molecular weight is 367 g/mol. The number of benzene rings is 2. The van der Waals surface area contributed by atoms with Crippen molar-refractivity contribution >= 4 is 23.4 Å². The summed E-state index contributed by atoms with van der Waals surface area (Å²) in [4.78, 5) is 16.6. The number of methoxy groups -OCH3 is 1. The van der Waals surface area contributed by atoms with E-state index in [2.05, 4.69) is 42.3 Å². The number of anilines is 1. The maximum Gasteiger partial charge on any atom is 0.234 e. The van der Waals surface area contributed by atoms with Crippen molar-refractivity contribution in [2.24, 2.45) is 0 Å². The van der Waals surface area contributed by atoms with E-state index in [0.717, 1.165) is 10.8 Å². The fourth-order valence-corrected chi connectivity index (χ4v) is 3.45. The molecule has 0 spiro atoms. The van der Waals surface area contributed by atoms with Gasteiger partial charge in [-0.2, -0.15) is 0 Å². The number of aromatic nitrogens is 2. The van der Waals surface area contributed by atoms with Crippen molar-refractivity contribution in [3.05, 3.63) is 66.0 Å². The summed E-state index contributed by atoms with van der Waals surface area (Å²) in [5.74, 6) is 0.901. The van der Waals surface area contributed by atoms with Gasteiger partial charge in [0.15, 0.2) is 5.16 Å². The lowest BCUT2D eigenvalue weighted by molar-refractivity contribution is -0.113. The topological polar surface area (TPSA) is 56.1 Å². The number of carbonyl (C=O) groups is 1. The average Bonchev–Trinajstić information content (AvgIpc) is 3.08. The number of imidazole rings is 1. The molecule has 0 aliphatic heterocycles. The molecule has 6 heteroatoms. The predicted molar refractivity (Wildman–Crippen MR) is 105 cm³/mol. The fraction of sp³-hybridized carbons (Fsp3) is 0.200. The highest BCUT2D eigenvalue weighted by atomic mass is 32.2. The number of nitrogens with zero attached hydrogens (tertiary/aromatic N) is 2. The molecule has 134 valence electrons. The molecule has 3 rings (SSSR count). The van der Waals surface area contributed by atoms with Crippen LogP contribution >= 0.6 is 11.8 Å². The van der Waals surface area contributed by atoms with Crippen molar-refractivity contribution in [1.82, 2.24) is 9.55 Å². The molecule has 2 aromatic carbocycles. The van der Waals surface area contributed by atoms with Crippen LogP contribution in [-0.4, -0.2) is 28.3 Å². The number of thioether (sulfide) groups is 1. The number of aryl methyl sites for hydroxylation is 2. The summed E-state index contributed by atoms with van der Waals surface area (Å²) in [5.41, 5.74) is 4.18. The Labute approximate surface area is 157 Å². The van der Waals surface area contributed by atoms with E-state index < -0.39 is 0 Å². The molecular weight excluding hydrogens is 346 g/mol. The minimum atomic E-state index is -0.0848. The van der Waals surface area contributed by atoms with Crippen LogP contribution in [0.4, 0.5) is 5.69 Å². The second kappa shape index (κ2) is 8.10. The first kappa shape index (κ1) is 18.1. The Morgan fingerprint density at radius 1 is 1.23 bits per heavy atom. The van der Waals surface area contributed by atoms with Crippen LogP contribution in [0.2, 0.25) is 0 Å². The second-order valence-corrected chi connectivity index (χ2v) is 6.88. The zero-order valence-corrected chi connectivity index (χ0v) is 15.8. The van der Waals surface area contributed by atoms with E-state index in [0.29, 0.717) is 11.4 Å². The smallest absolute Gasteiger partial charge is 0.234 e. The van der Waals surface area contributed by atoms with Crippen molar-refractivity contribution in [2.45, 2.75) is 19.0 Å². The number of hydrogen-bond acceptors (Lipinski definition) is 4. The summed E-state index contributed by atoms with van der Waals surface area (Å²) in [7, 11) is 1.60. The van der Waals surface area contributed by atoms with Crippen LogP contribution in [0.3, 0.4) is 0 Å². The van der Waals surface area contributed by atoms with E-state index in [-0.39, 0.29) is 11.7 Å². The summed E-state index contributed by atoms with van der Waals surface area (Å²) >= 11 is 1.41. The molecule has 0 atom stereocenters. The van der Waals surface area contributed by atoms with Gasteiger partial charge in [0, 0.05) is 24.1 Å². The van der Waals surface area contributed by atoms with Gasteiger partial charge in [-0.05, 0) is 37.6 Å². The monoisotopic (exact) mass is 367 g/mol. The highest BCUT2D eigenvalue weighted by Crippen LogP contribution is 2.24. The van der Waals surface area contributed by atoms with Gasteiger partial charge in [0.05, 0.1) is 18.6 Å². The molecule has 5 nitrogen and oxygen atoms in total. The Hall–Kier alpha value is -2.73. The van der Waals surface area contributed by atoms with E-state index in [1.54, 1.807) is 19.4 Å². The van der Waals surface area contributed by atoms with Crippen LogP contribution in [0.15, 0.2) is 60.0 Å². The van der Waals surface area contributed by atoms with Crippen LogP contribution < -0.4 is 10.1 Å². The molecule has 1 N–H and O–H groups in total. The van der Waals surface area contributed by atoms with Crippen LogP contribution in [0.5, 0.6) is 5.75 Å². The van der Waals surface area contributed by atoms with Gasteiger partial charge in [-0.1, -0.05) is 35.5 Å². The normalized spacial score (nSPS) is 10.6. The number of hydrogen-bond donors (Lipinski definition) is 1. The van der Waals surface area contributed by atoms with Gasteiger partial charge >= 0.3 is 0 Å². The maximum atomic E-state index is 12.3. The van der Waals surface area contributed by atoms with E-state index >= 15 is 0 Å². The highest BCUT2D eigenvalue weighted by Gasteiger charge is 2.11. The minimum absolute atomic E-state index is 0.0848. The van der Waals surface area contributed by atoms with E-state index in [1.165, 1.54) is 22.9 Å². The zero-order valence-electron chi connectivity index (χ0n) is 15.0. The number of ether oxygens (including phenoxy) is 1. The van der Waals surface area contributed by atoms with Crippen LogP contribution in [0, 0.1) is 13.8 Å². The largest absolute Gasteiger partial charge is 0.497 e. The molecule has 1 heterocycles. The predicted octanol–water partition coefficient (Wildman–Crippen LogP) is 4.23. The molecule has 3 aromatic rings. The van der Waals surface area contributed by atoms with Gasteiger partial charge in [-0.3, -0.25) is 9.36 Å². The molecule has 0 saturated carbocycles. The number of nitrogens with one attached hydrogen (secondary N) is 1. The summed E-state index contributed by atoms with van der Waals surface area (Å²) < 4.78 is 7.18. The molecule has 0 fully saturated rings. The van der Waals surface area contributed by atoms with Gasteiger partial charge in [0.2, 0.25) is 5.91 Å². The Bertz CT molecular complexity index is 921. The summed E-state index contributed by atoms with van der Waals surface area (Å²) in [5, 5.41) is 3.67. The highest BCUT2D eigenvalue weighted by molar-refractivity contribution is 7.99. The van der Waals surface area contributed by atoms with Crippen LogP contribution in [-0.2, 0) is 4.79 Å². The molecule has 1 amide bonds. The first-order chi connectivity index (χ1) is 12.6. The van der Waals surface area contributed by atoms with Gasteiger partial charge < -0.3 is 10.1 Å². The van der Waals surface area contributed by atoms with Crippen LogP contribution in [0.25, 0.3) is 5.69 Å². The maximum absolute atomic E-state index is 12.3. The SMILES string of the molecule is COc1cccc(NC(=O)CSc2nccn2-c2ccc(C)cc2C)c1. The quantitative estimate of drug-likeness (QED) is 0.663. The molecule has 0 unspecified atom stereocenters. The van der Waals surface area contributed by atoms with Crippen molar-refractivity contribution < 1.29 is 9.53 Å². The number of amides is 1. The Morgan fingerprint density at radius 3 is 2.85 bits per heavy atom. The van der Waals surface area contributed by atoms with Crippen molar-refractivity contribution in [3.63, 3.8) is 0 Å². The second-order valence-electron chi connectivity index (χ2n) is 5.94. The molecular formula is C20H21N3O2S. The van der Waals surface area contributed by atoms with Crippen LogP contribution in [0.1, 0.15) is 11.1 Å². The third-order valence-corrected chi connectivity index (χ3v) is 4.87. The molecule has 0 radical (unpaired) electrons. The Balaban J connectivity index is 1.67. The fourth-order valence-electron chi connectivity index (χ4n) is 2.68. The number of rotatable bonds is 6. The third kappa shape index (κ3) is 4.26. The summed E-state index contributed by atoms with van der Waals surface area (Å²) in [6.07, 6.45) is 3.67. The van der Waals surface area contributed by atoms with Crippen molar-refractivity contribution in [1.29, 1.82) is 0 Å². The molecule has 0 saturated heterocycles. The Kier molecular flexibility index (Phi) is 5.63. The first-order valence-corrected chi connectivity index (χ1v) is 9.23. The first-order valence-electron chi connectivity index (χ1n) is 8.24. The molecule has 0 bridgehead atoms. The van der Waals surface area contributed by atoms with Gasteiger partial charge in [0.25, 0.3) is 0 Å². The van der Waals surface area contributed by atoms with Gasteiger partial charge in [-0.25, -0.2) is 4.98 Å². The molecule has 0 aliphatic rings. The zero-order chi connectivity index (χ0) is 18.5. The Morgan fingerprint density at radius 2 is 2.08 bits per heavy atom. The lowest BCUT2D eigenvalue weighted by Crippen LogP contribution is -2.14. The molecule has 1 aromatic heterocycles. The van der Waals surface area contributed by atoms with E-state index in [9.17, 15) is 4.79 Å². The van der Waals surface area contributed by atoms with E-state index in [4.69, 9.17) is 4.74 Å². The molecule has 26 heavy (non-hydrogen) atoms. The lowest BCUT2D eigenvalue weighted by atomic mass is 10.1. The van der Waals surface area contributed by atoms with Crippen molar-refractivity contribution in [3.8, 4) is 11.4 Å². The standard InChI is InChI=1S/C20H21N3O2S/c1-14-7-8-18(15(2)11-14)23-10-9-21-20(23)26-13-19(24)22-16-5-4-6-17(12-16)25-3/h4-12H,13H2,1-3H3,(H,22,24). The third-order valence-electron chi connectivity index (χ3n) is 3.90. The van der Waals surface area contributed by atoms with E-state index in [1.807, 2.05) is 29.0 Å². The summed E-state index contributed by atoms with van der Waals surface area (Å²) in [6, 6.07) is 13.6. The minimum Gasteiger partial charge on any atom is -0.497 e. The number of carbonyl (C=O) groups excluding carboxylic acids is 1. The lowest BCUT2D eigenvalue weighted by Gasteiger charge is -2.11. The molecule has 0 aliphatic carbocycles. The van der Waals surface area contributed by atoms with Crippen molar-refractivity contribution in [2.75, 3.05) is 18.2 Å².